The second kappa shape index (κ2) is 6.44. The van der Waals surface area contributed by atoms with Crippen molar-refractivity contribution in [3.63, 3.8) is 0 Å². The number of halogens is 1. The molecule has 2 aliphatic rings. The zero-order valence-electron chi connectivity index (χ0n) is 13.8. The van der Waals surface area contributed by atoms with Crippen molar-refractivity contribution in [3.8, 4) is 0 Å². The highest BCUT2D eigenvalue weighted by molar-refractivity contribution is 9.09. The van der Waals surface area contributed by atoms with Crippen LogP contribution in [-0.4, -0.2) is 0 Å². The summed E-state index contributed by atoms with van der Waals surface area (Å²) in [6.45, 7) is 6.78. The molecule has 0 spiro atoms. The molecule has 1 aromatic rings. The Hall–Kier alpha value is -0.300. The molecule has 0 radical (unpaired) electrons. The van der Waals surface area contributed by atoms with E-state index in [0.29, 0.717) is 4.83 Å². The van der Waals surface area contributed by atoms with Crippen LogP contribution < -0.4 is 0 Å². The van der Waals surface area contributed by atoms with Crippen molar-refractivity contribution in [1.82, 2.24) is 0 Å². The molecule has 0 heterocycles. The summed E-state index contributed by atoms with van der Waals surface area (Å²) in [4.78, 5) is 0.556. The van der Waals surface area contributed by atoms with E-state index in [1.165, 1.54) is 61.6 Å². The Morgan fingerprint density at radius 2 is 1.52 bits per heavy atom. The predicted molar refractivity (Wildman–Crippen MR) is 95.1 cm³/mol. The van der Waals surface area contributed by atoms with Gasteiger partial charge in [-0.2, -0.15) is 0 Å². The smallest absolute Gasteiger partial charge is 0.0428 e. The molecule has 1 aromatic carbocycles. The second-order valence-electron chi connectivity index (χ2n) is 7.59. The molecular weight excluding hydrogens is 320 g/mol. The Kier molecular flexibility index (Phi) is 4.78. The van der Waals surface area contributed by atoms with E-state index in [2.05, 4.69) is 48.8 Å². The topological polar surface area (TPSA) is 0 Å². The fraction of sp³-hybridized carbons (Fsp3) is 0.700. The fourth-order valence-corrected chi connectivity index (χ4v) is 6.24. The molecule has 1 heteroatoms. The monoisotopic (exact) mass is 348 g/mol. The highest BCUT2D eigenvalue weighted by atomic mass is 79.9. The largest absolute Gasteiger partial charge is 0.0836 e. The molecule has 116 valence electrons. The first-order valence-corrected chi connectivity index (χ1v) is 9.69. The van der Waals surface area contributed by atoms with E-state index in [0.717, 1.165) is 17.8 Å². The molecule has 0 nitrogen and oxygen atoms in total. The van der Waals surface area contributed by atoms with Gasteiger partial charge >= 0.3 is 0 Å². The molecule has 0 saturated heterocycles. The average Bonchev–Trinajstić information content (AvgIpc) is 2.45. The van der Waals surface area contributed by atoms with Gasteiger partial charge < -0.3 is 0 Å². The van der Waals surface area contributed by atoms with Crippen LogP contribution in [0.5, 0.6) is 0 Å². The summed E-state index contributed by atoms with van der Waals surface area (Å²) >= 11 is 4.09. The Labute approximate surface area is 138 Å². The zero-order chi connectivity index (χ0) is 15.0. The second-order valence-corrected chi connectivity index (χ2v) is 8.58. The minimum atomic E-state index is 0.556. The first-order chi connectivity index (χ1) is 10.1. The highest BCUT2D eigenvalue weighted by Gasteiger charge is 2.35. The first kappa shape index (κ1) is 15.6. The normalized spacial score (nSPS) is 30.8. The Morgan fingerprint density at radius 3 is 2.19 bits per heavy atom. The fourth-order valence-electron chi connectivity index (χ4n) is 5.04. The summed E-state index contributed by atoms with van der Waals surface area (Å²) in [5.41, 5.74) is 5.91. The molecule has 0 amide bonds. The van der Waals surface area contributed by atoms with E-state index in [1.54, 1.807) is 5.56 Å². The molecule has 0 bridgehead atoms. The van der Waals surface area contributed by atoms with Crippen molar-refractivity contribution in [2.45, 2.75) is 70.5 Å². The lowest BCUT2D eigenvalue weighted by atomic mass is 9.66. The van der Waals surface area contributed by atoms with Crippen molar-refractivity contribution in [2.24, 2.45) is 17.8 Å². The van der Waals surface area contributed by atoms with E-state index in [1.807, 2.05) is 0 Å². The summed E-state index contributed by atoms with van der Waals surface area (Å²) in [6, 6.07) is 4.70. The maximum Gasteiger partial charge on any atom is 0.0428 e. The minimum absolute atomic E-state index is 0.556. The quantitative estimate of drug-likeness (QED) is 0.524. The highest BCUT2D eigenvalue weighted by Crippen LogP contribution is 2.49. The van der Waals surface area contributed by atoms with Gasteiger partial charge in [0.1, 0.15) is 0 Å². The van der Waals surface area contributed by atoms with Crippen molar-refractivity contribution in [1.29, 1.82) is 0 Å². The Morgan fingerprint density at radius 1 is 0.905 bits per heavy atom. The third-order valence-corrected chi connectivity index (χ3v) is 7.21. The van der Waals surface area contributed by atoms with Gasteiger partial charge in [0.05, 0.1) is 0 Å². The zero-order valence-corrected chi connectivity index (χ0v) is 15.4. The number of rotatable bonds is 2. The van der Waals surface area contributed by atoms with E-state index >= 15 is 0 Å². The number of fused-ring (bicyclic) bond motifs is 1. The number of alkyl halides is 1. The molecule has 3 rings (SSSR count). The molecule has 2 fully saturated rings. The van der Waals surface area contributed by atoms with Crippen molar-refractivity contribution in [3.05, 3.63) is 34.4 Å². The number of hydrogen-bond donors (Lipinski definition) is 0. The van der Waals surface area contributed by atoms with Gasteiger partial charge in [-0.05, 0) is 74.5 Å². The van der Waals surface area contributed by atoms with E-state index in [4.69, 9.17) is 0 Å². The van der Waals surface area contributed by atoms with Crippen LogP contribution in [0.25, 0.3) is 0 Å². The molecule has 0 aliphatic heterocycles. The third kappa shape index (κ3) is 3.23. The Balaban J connectivity index is 1.78. The molecule has 4 unspecified atom stereocenters. The van der Waals surface area contributed by atoms with Crippen molar-refractivity contribution >= 4 is 15.9 Å². The van der Waals surface area contributed by atoms with Crippen LogP contribution in [0.15, 0.2) is 12.1 Å². The van der Waals surface area contributed by atoms with Crippen LogP contribution >= 0.6 is 15.9 Å². The SMILES string of the molecule is Cc1cc(C)c(C(Br)C2CCC3CCCCC3C2)c(C)c1. The van der Waals surface area contributed by atoms with Gasteiger partial charge in [-0.3, -0.25) is 0 Å². The summed E-state index contributed by atoms with van der Waals surface area (Å²) in [7, 11) is 0. The number of hydrogen-bond acceptors (Lipinski definition) is 0. The number of benzene rings is 1. The number of aryl methyl sites for hydroxylation is 3. The summed E-state index contributed by atoms with van der Waals surface area (Å²) in [5, 5.41) is 0. The van der Waals surface area contributed by atoms with Crippen molar-refractivity contribution in [2.75, 3.05) is 0 Å². The van der Waals surface area contributed by atoms with Gasteiger partial charge in [0.15, 0.2) is 0 Å². The lowest BCUT2D eigenvalue weighted by Gasteiger charge is -2.41. The van der Waals surface area contributed by atoms with Gasteiger partial charge in [0.2, 0.25) is 0 Å². The van der Waals surface area contributed by atoms with Crippen molar-refractivity contribution < 1.29 is 0 Å². The molecule has 0 N–H and O–H groups in total. The first-order valence-electron chi connectivity index (χ1n) is 8.78. The van der Waals surface area contributed by atoms with Gasteiger partial charge in [0.25, 0.3) is 0 Å². The molecule has 4 atom stereocenters. The van der Waals surface area contributed by atoms with Crippen LogP contribution in [0.2, 0.25) is 0 Å². The standard InChI is InChI=1S/C20H29Br/c1-13-10-14(2)19(15(3)11-13)20(21)18-9-8-16-6-4-5-7-17(16)12-18/h10-11,16-18,20H,4-9,12H2,1-3H3. The van der Waals surface area contributed by atoms with E-state index in [9.17, 15) is 0 Å². The summed E-state index contributed by atoms with van der Waals surface area (Å²) in [6.07, 6.45) is 10.3. The summed E-state index contributed by atoms with van der Waals surface area (Å²) in [5.74, 6) is 2.91. The Bertz CT molecular complexity index is 482. The van der Waals surface area contributed by atoms with Gasteiger partial charge in [-0.1, -0.05) is 59.3 Å². The van der Waals surface area contributed by atoms with Gasteiger partial charge in [0, 0.05) is 4.83 Å². The minimum Gasteiger partial charge on any atom is -0.0836 e. The molecule has 2 saturated carbocycles. The third-order valence-electron chi connectivity index (χ3n) is 6.01. The molecule has 21 heavy (non-hydrogen) atoms. The van der Waals surface area contributed by atoms with Crippen LogP contribution in [0.4, 0.5) is 0 Å². The van der Waals surface area contributed by atoms with Crippen LogP contribution in [-0.2, 0) is 0 Å². The molecule has 2 aliphatic carbocycles. The maximum atomic E-state index is 4.09. The van der Waals surface area contributed by atoms with Crippen LogP contribution in [0.1, 0.15) is 72.0 Å². The van der Waals surface area contributed by atoms with Gasteiger partial charge in [-0.15, -0.1) is 0 Å². The van der Waals surface area contributed by atoms with Gasteiger partial charge in [-0.25, -0.2) is 0 Å². The lowest BCUT2D eigenvalue weighted by Crippen LogP contribution is -2.29. The maximum absolute atomic E-state index is 4.09. The van der Waals surface area contributed by atoms with Crippen LogP contribution in [0, 0.1) is 38.5 Å². The van der Waals surface area contributed by atoms with E-state index in [-0.39, 0.29) is 0 Å². The lowest BCUT2D eigenvalue weighted by molar-refractivity contribution is 0.129. The predicted octanol–water partition coefficient (Wildman–Crippen LogP) is 6.65. The summed E-state index contributed by atoms with van der Waals surface area (Å²) < 4.78 is 0. The van der Waals surface area contributed by atoms with Crippen LogP contribution in [0.3, 0.4) is 0 Å². The van der Waals surface area contributed by atoms with E-state index < -0.39 is 0 Å². The molecular formula is C20H29Br. The average molecular weight is 349 g/mol. The molecule has 0 aromatic heterocycles.